The number of benzene rings is 1. The minimum absolute atomic E-state index is 0.0909. The first-order valence-corrected chi connectivity index (χ1v) is 11.5. The molecule has 2 fully saturated rings. The van der Waals surface area contributed by atoms with E-state index in [1.165, 1.54) is 11.8 Å². The van der Waals surface area contributed by atoms with Crippen LogP contribution in [0.25, 0.3) is 0 Å². The average Bonchev–Trinajstić information content (AvgIpc) is 3.45. The quantitative estimate of drug-likeness (QED) is 0.683. The van der Waals surface area contributed by atoms with Gasteiger partial charge in [-0.15, -0.1) is 0 Å². The number of imidazole rings is 1. The second kappa shape index (κ2) is 9.22. The zero-order valence-electron chi connectivity index (χ0n) is 17.5. The van der Waals surface area contributed by atoms with Gasteiger partial charge in [0.2, 0.25) is 11.8 Å². The van der Waals surface area contributed by atoms with E-state index in [9.17, 15) is 9.59 Å². The van der Waals surface area contributed by atoms with E-state index in [0.29, 0.717) is 12.1 Å². The van der Waals surface area contributed by atoms with E-state index in [2.05, 4.69) is 21.8 Å². The van der Waals surface area contributed by atoms with Crippen LogP contribution in [0.5, 0.6) is 0 Å². The molecule has 2 saturated heterocycles. The SMILES string of the molecule is Cc1nc(SCC(=O)Nc2cccc(N3CCCC3=O)c2)n(C[C@@H]2CCCO2)c1C. The first-order chi connectivity index (χ1) is 14.5. The van der Waals surface area contributed by atoms with Crippen LogP contribution >= 0.6 is 11.8 Å². The van der Waals surface area contributed by atoms with E-state index in [1.54, 1.807) is 4.90 Å². The van der Waals surface area contributed by atoms with Crippen LogP contribution in [0, 0.1) is 13.8 Å². The topological polar surface area (TPSA) is 76.5 Å². The number of thioether (sulfide) groups is 1. The summed E-state index contributed by atoms with van der Waals surface area (Å²) in [7, 11) is 0. The molecule has 0 spiro atoms. The number of ether oxygens (including phenoxy) is 1. The highest BCUT2D eigenvalue weighted by atomic mass is 32.2. The molecule has 0 bridgehead atoms. The van der Waals surface area contributed by atoms with Gasteiger partial charge in [0.15, 0.2) is 5.16 Å². The van der Waals surface area contributed by atoms with Crippen LogP contribution < -0.4 is 10.2 Å². The van der Waals surface area contributed by atoms with Crippen molar-refractivity contribution in [3.05, 3.63) is 35.7 Å². The van der Waals surface area contributed by atoms with E-state index in [4.69, 9.17) is 4.74 Å². The second-order valence-corrected chi connectivity index (χ2v) is 8.79. The fraction of sp³-hybridized carbons (Fsp3) is 0.500. The standard InChI is InChI=1S/C22H28N4O3S/c1-15-16(2)26(13-19-8-5-11-29-19)22(23-15)30-14-20(27)24-17-6-3-7-18(12-17)25-10-4-9-21(25)28/h3,6-7,12,19H,4-5,8-11,13-14H2,1-2H3,(H,24,27)/t19-/m0/s1. The molecule has 1 aromatic heterocycles. The molecule has 1 aromatic carbocycles. The normalized spacial score (nSPS) is 18.9. The van der Waals surface area contributed by atoms with Crippen LogP contribution in [0.3, 0.4) is 0 Å². The number of nitrogens with zero attached hydrogens (tertiary/aromatic N) is 3. The molecule has 1 N–H and O–H groups in total. The number of amides is 2. The highest BCUT2D eigenvalue weighted by Crippen LogP contribution is 2.26. The Hall–Kier alpha value is -2.32. The van der Waals surface area contributed by atoms with Crippen molar-refractivity contribution in [2.45, 2.75) is 57.3 Å². The van der Waals surface area contributed by atoms with Crippen molar-refractivity contribution in [2.75, 3.05) is 29.1 Å². The third kappa shape index (κ3) is 4.70. The van der Waals surface area contributed by atoms with Crippen LogP contribution in [-0.4, -0.2) is 46.4 Å². The number of anilines is 2. The Labute approximate surface area is 181 Å². The third-order valence-electron chi connectivity index (χ3n) is 5.68. The molecule has 3 heterocycles. The molecule has 4 rings (SSSR count). The lowest BCUT2D eigenvalue weighted by molar-refractivity contribution is -0.117. The molecule has 0 aliphatic carbocycles. The van der Waals surface area contributed by atoms with Gasteiger partial charge in [-0.05, 0) is 51.3 Å². The Morgan fingerprint density at radius 1 is 1.33 bits per heavy atom. The largest absolute Gasteiger partial charge is 0.376 e. The Bertz CT molecular complexity index is 936. The Kier molecular flexibility index (Phi) is 6.43. The number of nitrogens with one attached hydrogen (secondary N) is 1. The minimum Gasteiger partial charge on any atom is -0.376 e. The fourth-order valence-corrected chi connectivity index (χ4v) is 4.84. The highest BCUT2D eigenvalue weighted by molar-refractivity contribution is 7.99. The molecule has 2 aliphatic rings. The number of aromatic nitrogens is 2. The fourth-order valence-electron chi connectivity index (χ4n) is 3.94. The maximum atomic E-state index is 12.6. The monoisotopic (exact) mass is 428 g/mol. The minimum atomic E-state index is -0.0909. The predicted octanol–water partition coefficient (Wildman–Crippen LogP) is 3.54. The number of carbonyl (C=O) groups excluding carboxylic acids is 2. The van der Waals surface area contributed by atoms with Gasteiger partial charge >= 0.3 is 0 Å². The van der Waals surface area contributed by atoms with E-state index in [1.807, 2.05) is 31.2 Å². The van der Waals surface area contributed by atoms with Crippen LogP contribution in [0.15, 0.2) is 29.4 Å². The average molecular weight is 429 g/mol. The Balaban J connectivity index is 1.37. The van der Waals surface area contributed by atoms with Crippen LogP contribution in [0.1, 0.15) is 37.1 Å². The first-order valence-electron chi connectivity index (χ1n) is 10.5. The lowest BCUT2D eigenvalue weighted by atomic mass is 10.2. The van der Waals surface area contributed by atoms with Crippen molar-refractivity contribution in [1.29, 1.82) is 0 Å². The van der Waals surface area contributed by atoms with Crippen LogP contribution in [0.2, 0.25) is 0 Å². The van der Waals surface area contributed by atoms with Gasteiger partial charge in [0.05, 0.1) is 24.1 Å². The molecule has 30 heavy (non-hydrogen) atoms. The van der Waals surface area contributed by atoms with E-state index >= 15 is 0 Å². The predicted molar refractivity (Wildman–Crippen MR) is 118 cm³/mol. The van der Waals surface area contributed by atoms with Gasteiger partial charge in [0, 0.05) is 36.6 Å². The van der Waals surface area contributed by atoms with Gasteiger partial charge in [-0.3, -0.25) is 9.59 Å². The molecule has 0 saturated carbocycles. The van der Waals surface area contributed by atoms with Gasteiger partial charge < -0.3 is 19.5 Å². The van der Waals surface area contributed by atoms with E-state index in [0.717, 1.165) is 61.2 Å². The zero-order chi connectivity index (χ0) is 21.1. The molecule has 8 heteroatoms. The molecule has 1 atom stereocenters. The van der Waals surface area contributed by atoms with Gasteiger partial charge in [-0.2, -0.15) is 0 Å². The van der Waals surface area contributed by atoms with Crippen molar-refractivity contribution in [3.63, 3.8) is 0 Å². The summed E-state index contributed by atoms with van der Waals surface area (Å²) in [5, 5.41) is 3.80. The molecule has 7 nitrogen and oxygen atoms in total. The summed E-state index contributed by atoms with van der Waals surface area (Å²) in [6.45, 7) is 6.40. The maximum Gasteiger partial charge on any atom is 0.234 e. The number of hydrogen-bond acceptors (Lipinski definition) is 5. The van der Waals surface area contributed by atoms with Gasteiger partial charge in [0.1, 0.15) is 0 Å². The summed E-state index contributed by atoms with van der Waals surface area (Å²) in [4.78, 5) is 31.0. The Morgan fingerprint density at radius 2 is 2.20 bits per heavy atom. The maximum absolute atomic E-state index is 12.6. The third-order valence-corrected chi connectivity index (χ3v) is 6.66. The molecule has 160 valence electrons. The van der Waals surface area contributed by atoms with Gasteiger partial charge in [0.25, 0.3) is 0 Å². The Morgan fingerprint density at radius 3 is 2.93 bits per heavy atom. The number of hydrogen-bond donors (Lipinski definition) is 1. The van der Waals surface area contributed by atoms with Gasteiger partial charge in [-0.25, -0.2) is 4.98 Å². The highest BCUT2D eigenvalue weighted by Gasteiger charge is 2.22. The molecule has 2 aliphatic heterocycles. The molecule has 2 amide bonds. The summed E-state index contributed by atoms with van der Waals surface area (Å²) < 4.78 is 7.95. The summed E-state index contributed by atoms with van der Waals surface area (Å²) in [5.41, 5.74) is 3.64. The number of rotatable bonds is 7. The first kappa shape index (κ1) is 20.9. The lowest BCUT2D eigenvalue weighted by Crippen LogP contribution is -2.24. The summed E-state index contributed by atoms with van der Waals surface area (Å²) >= 11 is 1.44. The van der Waals surface area contributed by atoms with E-state index < -0.39 is 0 Å². The lowest BCUT2D eigenvalue weighted by Gasteiger charge is -2.17. The van der Waals surface area contributed by atoms with Crippen molar-refractivity contribution in [1.82, 2.24) is 9.55 Å². The van der Waals surface area contributed by atoms with Crippen LogP contribution in [-0.2, 0) is 20.9 Å². The molecule has 0 radical (unpaired) electrons. The summed E-state index contributed by atoms with van der Waals surface area (Å²) in [6, 6.07) is 7.48. The van der Waals surface area contributed by atoms with E-state index in [-0.39, 0.29) is 23.7 Å². The molecule has 2 aromatic rings. The molecule has 0 unspecified atom stereocenters. The zero-order valence-corrected chi connectivity index (χ0v) is 18.3. The summed E-state index contributed by atoms with van der Waals surface area (Å²) in [5.74, 6) is 0.318. The van der Waals surface area contributed by atoms with Crippen molar-refractivity contribution < 1.29 is 14.3 Å². The van der Waals surface area contributed by atoms with Crippen LogP contribution in [0.4, 0.5) is 11.4 Å². The molecular formula is C22H28N4O3S. The smallest absolute Gasteiger partial charge is 0.234 e. The van der Waals surface area contributed by atoms with Gasteiger partial charge in [-0.1, -0.05) is 17.8 Å². The number of aryl methyl sites for hydroxylation is 1. The van der Waals surface area contributed by atoms with Crippen molar-refractivity contribution in [2.24, 2.45) is 0 Å². The second-order valence-electron chi connectivity index (χ2n) is 7.85. The van der Waals surface area contributed by atoms with Crippen molar-refractivity contribution in [3.8, 4) is 0 Å². The number of carbonyl (C=O) groups is 2. The summed E-state index contributed by atoms with van der Waals surface area (Å²) in [6.07, 6.45) is 3.86. The van der Waals surface area contributed by atoms with Crippen molar-refractivity contribution >= 4 is 35.0 Å². The molecular weight excluding hydrogens is 400 g/mol.